The predicted molar refractivity (Wildman–Crippen MR) is 74.2 cm³/mol. The van der Waals surface area contributed by atoms with E-state index in [1.54, 1.807) is 17.4 Å². The molecule has 0 aliphatic heterocycles. The van der Waals surface area contributed by atoms with E-state index in [1.807, 2.05) is 25.1 Å². The molecule has 90 valence electrons. The Labute approximate surface area is 108 Å². The number of thiazole rings is 1. The lowest BCUT2D eigenvalue weighted by molar-refractivity contribution is 1.04. The van der Waals surface area contributed by atoms with Crippen molar-refractivity contribution in [3.8, 4) is 11.3 Å². The maximum Gasteiger partial charge on any atom is 0.274 e. The van der Waals surface area contributed by atoms with E-state index in [2.05, 4.69) is 28.4 Å². The molecule has 18 heavy (non-hydrogen) atoms. The van der Waals surface area contributed by atoms with Crippen LogP contribution >= 0.6 is 11.3 Å². The molecule has 2 aromatic heterocycles. The van der Waals surface area contributed by atoms with Crippen LogP contribution in [0.4, 0.5) is 0 Å². The second-order valence-corrected chi connectivity index (χ2v) is 5.41. The van der Waals surface area contributed by atoms with E-state index < -0.39 is 0 Å². The summed E-state index contributed by atoms with van der Waals surface area (Å²) >= 11 is 1.55. The van der Waals surface area contributed by atoms with Crippen molar-refractivity contribution in [2.24, 2.45) is 0 Å². The molecule has 0 saturated heterocycles. The number of aromatic nitrogens is 2. The number of benzene rings is 1. The lowest BCUT2D eigenvalue weighted by Crippen LogP contribution is -2.08. The summed E-state index contributed by atoms with van der Waals surface area (Å²) in [6.45, 7) is 4.00. The van der Waals surface area contributed by atoms with Crippen LogP contribution in [0, 0.1) is 13.8 Å². The average molecular weight is 256 g/mol. The van der Waals surface area contributed by atoms with Crippen LogP contribution in [0.3, 0.4) is 0 Å². The smallest absolute Gasteiger partial charge is 0.274 e. The highest BCUT2D eigenvalue weighted by atomic mass is 32.1. The van der Waals surface area contributed by atoms with E-state index in [0.29, 0.717) is 0 Å². The largest absolute Gasteiger partial charge is 0.289 e. The lowest BCUT2D eigenvalue weighted by atomic mass is 10.1. The van der Waals surface area contributed by atoms with Crippen LogP contribution in [-0.4, -0.2) is 9.38 Å². The zero-order chi connectivity index (χ0) is 12.7. The van der Waals surface area contributed by atoms with Gasteiger partial charge in [-0.3, -0.25) is 9.20 Å². The Bertz CT molecular complexity index is 772. The maximum absolute atomic E-state index is 11.4. The minimum atomic E-state index is -0.173. The second-order valence-electron chi connectivity index (χ2n) is 4.23. The molecule has 3 aromatic rings. The summed E-state index contributed by atoms with van der Waals surface area (Å²) in [5, 5.41) is 0. The molecule has 0 bridgehead atoms. The van der Waals surface area contributed by atoms with Gasteiger partial charge in [-0.1, -0.05) is 30.3 Å². The fraction of sp³-hybridized carbons (Fsp3) is 0.143. The van der Waals surface area contributed by atoms with E-state index in [0.717, 1.165) is 21.9 Å². The Kier molecular flexibility index (Phi) is 2.52. The third-order valence-corrected chi connectivity index (χ3v) is 3.89. The Morgan fingerprint density at radius 1 is 1.17 bits per heavy atom. The van der Waals surface area contributed by atoms with E-state index in [9.17, 15) is 4.79 Å². The Morgan fingerprint density at radius 3 is 2.61 bits per heavy atom. The summed E-state index contributed by atoms with van der Waals surface area (Å²) in [4.78, 5) is 17.4. The van der Waals surface area contributed by atoms with Crippen LogP contribution in [-0.2, 0) is 0 Å². The van der Waals surface area contributed by atoms with Gasteiger partial charge in [0.1, 0.15) is 0 Å². The third-order valence-electron chi connectivity index (χ3n) is 2.93. The fourth-order valence-electron chi connectivity index (χ4n) is 2.18. The van der Waals surface area contributed by atoms with Gasteiger partial charge in [-0.05, 0) is 19.4 Å². The molecule has 4 heteroatoms. The molecule has 3 nitrogen and oxygen atoms in total. The van der Waals surface area contributed by atoms with Crippen LogP contribution in [0.25, 0.3) is 16.2 Å². The molecule has 0 spiro atoms. The molecule has 0 aliphatic carbocycles. The summed E-state index contributed by atoms with van der Waals surface area (Å²) in [7, 11) is 0. The Hall–Kier alpha value is -1.94. The number of fused-ring (bicyclic) bond motifs is 1. The van der Waals surface area contributed by atoms with Crippen molar-refractivity contribution in [3.05, 3.63) is 57.3 Å². The summed E-state index contributed by atoms with van der Waals surface area (Å²) < 4.78 is 2.05. The van der Waals surface area contributed by atoms with Crippen molar-refractivity contribution < 1.29 is 0 Å². The molecule has 0 radical (unpaired) electrons. The minimum Gasteiger partial charge on any atom is -0.289 e. The number of hydrogen-bond acceptors (Lipinski definition) is 3. The summed E-state index contributed by atoms with van der Waals surface area (Å²) in [5.41, 5.74) is 3.02. The summed E-state index contributed by atoms with van der Waals surface area (Å²) in [6.07, 6.45) is 0. The highest BCUT2D eigenvalue weighted by Gasteiger charge is 2.13. The van der Waals surface area contributed by atoms with Gasteiger partial charge >= 0.3 is 0 Å². The van der Waals surface area contributed by atoms with Gasteiger partial charge in [0.25, 0.3) is 5.56 Å². The van der Waals surface area contributed by atoms with Crippen LogP contribution < -0.4 is 5.56 Å². The van der Waals surface area contributed by atoms with E-state index in [4.69, 9.17) is 0 Å². The van der Waals surface area contributed by atoms with Gasteiger partial charge < -0.3 is 0 Å². The molecular formula is C14H12N2OS. The summed E-state index contributed by atoms with van der Waals surface area (Å²) in [6, 6.07) is 11.8. The molecule has 3 rings (SSSR count). The number of aryl methyl sites for hydroxylation is 2. The van der Waals surface area contributed by atoms with Crippen molar-refractivity contribution in [2.75, 3.05) is 0 Å². The van der Waals surface area contributed by atoms with Gasteiger partial charge in [-0.25, -0.2) is 0 Å². The molecule has 0 atom stereocenters. The number of nitrogens with zero attached hydrogens (tertiary/aromatic N) is 2. The number of hydrogen-bond donors (Lipinski definition) is 0. The van der Waals surface area contributed by atoms with Gasteiger partial charge in [0.05, 0.1) is 5.69 Å². The molecule has 0 aliphatic rings. The van der Waals surface area contributed by atoms with Crippen LogP contribution in [0.5, 0.6) is 0 Å². The lowest BCUT2D eigenvalue weighted by Gasteiger charge is -2.05. The van der Waals surface area contributed by atoms with Crippen LogP contribution in [0.2, 0.25) is 0 Å². The predicted octanol–water partition coefficient (Wildman–Crippen LogP) is 3.04. The fourth-order valence-corrected chi connectivity index (χ4v) is 3.22. The van der Waals surface area contributed by atoms with Gasteiger partial charge in [-0.15, -0.1) is 11.3 Å². The van der Waals surface area contributed by atoms with Crippen molar-refractivity contribution in [2.45, 2.75) is 13.8 Å². The minimum absolute atomic E-state index is 0.173. The van der Waals surface area contributed by atoms with Crippen molar-refractivity contribution >= 4 is 16.3 Å². The molecular weight excluding hydrogens is 244 g/mol. The first-order chi connectivity index (χ1) is 8.66. The van der Waals surface area contributed by atoms with Gasteiger partial charge in [-0.2, -0.15) is 4.98 Å². The van der Waals surface area contributed by atoms with Crippen molar-refractivity contribution in [3.63, 3.8) is 0 Å². The molecule has 0 saturated carbocycles. The second kappa shape index (κ2) is 4.07. The van der Waals surface area contributed by atoms with Gasteiger partial charge in [0.15, 0.2) is 4.96 Å². The molecule has 0 unspecified atom stereocenters. The molecule has 0 N–H and O–H groups in total. The van der Waals surface area contributed by atoms with Gasteiger partial charge in [0.2, 0.25) is 0 Å². The molecule has 0 amide bonds. The molecule has 0 fully saturated rings. The summed E-state index contributed by atoms with van der Waals surface area (Å²) in [5.74, 6) is 0. The van der Waals surface area contributed by atoms with E-state index in [1.165, 1.54) is 4.88 Å². The highest BCUT2D eigenvalue weighted by Crippen LogP contribution is 2.30. The zero-order valence-electron chi connectivity index (χ0n) is 10.2. The monoisotopic (exact) mass is 256 g/mol. The van der Waals surface area contributed by atoms with E-state index >= 15 is 0 Å². The van der Waals surface area contributed by atoms with Crippen LogP contribution in [0.15, 0.2) is 41.2 Å². The number of rotatable bonds is 1. The highest BCUT2D eigenvalue weighted by molar-refractivity contribution is 7.17. The first kappa shape index (κ1) is 11.2. The quantitative estimate of drug-likeness (QED) is 0.670. The van der Waals surface area contributed by atoms with Crippen molar-refractivity contribution in [1.29, 1.82) is 0 Å². The molecule has 1 aromatic carbocycles. The average Bonchev–Trinajstić information content (AvgIpc) is 2.66. The first-order valence-electron chi connectivity index (χ1n) is 5.72. The Morgan fingerprint density at radius 2 is 1.89 bits per heavy atom. The van der Waals surface area contributed by atoms with Crippen molar-refractivity contribution in [1.82, 2.24) is 9.38 Å². The maximum atomic E-state index is 11.4. The third kappa shape index (κ3) is 1.66. The normalized spacial score (nSPS) is 11.0. The topological polar surface area (TPSA) is 34.4 Å². The Balaban J connectivity index is 2.43. The SMILES string of the molecule is Cc1sc2nc(=O)cc(C)n2c1-c1ccccc1. The van der Waals surface area contributed by atoms with E-state index in [-0.39, 0.29) is 5.56 Å². The molecule has 2 heterocycles. The standard InChI is InChI=1S/C14H12N2OS/c1-9-8-12(17)15-14-16(9)13(10(2)18-14)11-6-4-3-5-7-11/h3-8H,1-2H3. The van der Waals surface area contributed by atoms with Crippen LogP contribution in [0.1, 0.15) is 10.6 Å². The zero-order valence-corrected chi connectivity index (χ0v) is 11.0. The first-order valence-corrected chi connectivity index (χ1v) is 6.53. The van der Waals surface area contributed by atoms with Gasteiger partial charge in [0, 0.05) is 16.6 Å².